The first-order chi connectivity index (χ1) is 9.49. The fourth-order valence-corrected chi connectivity index (χ4v) is 1.79. The molecule has 0 fully saturated rings. The number of hydrogen-bond donors (Lipinski definition) is 1. The summed E-state index contributed by atoms with van der Waals surface area (Å²) in [6.07, 6.45) is 0. The molecule has 2 aromatic rings. The second-order valence-electron chi connectivity index (χ2n) is 3.88. The van der Waals surface area contributed by atoms with Crippen LogP contribution in [0.5, 0.6) is 0 Å². The van der Waals surface area contributed by atoms with Crippen LogP contribution in [0.2, 0.25) is 10.2 Å². The van der Waals surface area contributed by atoms with Gasteiger partial charge in [-0.05, 0) is 24.3 Å². The monoisotopic (exact) mass is 310 g/mol. The van der Waals surface area contributed by atoms with Crippen LogP contribution in [-0.2, 0) is 4.79 Å². The van der Waals surface area contributed by atoms with E-state index in [-0.39, 0.29) is 16.7 Å². The number of amides is 1. The molecular weight excluding hydrogens is 302 g/mol. The lowest BCUT2D eigenvalue weighted by molar-refractivity contribution is -0.110. The zero-order chi connectivity index (χ0) is 14.7. The minimum atomic E-state index is -0.367. The first-order valence-corrected chi connectivity index (χ1v) is 6.32. The number of benzene rings is 1. The fourth-order valence-electron chi connectivity index (χ4n) is 1.51. The lowest BCUT2D eigenvalue weighted by Gasteiger charge is -1.95. The van der Waals surface area contributed by atoms with Crippen molar-refractivity contribution in [3.8, 4) is 0 Å². The molecule has 0 atom stereocenters. The Morgan fingerprint density at radius 1 is 1.15 bits per heavy atom. The molecule has 1 aromatic carbocycles. The number of rotatable bonds is 0. The Morgan fingerprint density at radius 2 is 1.85 bits per heavy atom. The molecule has 1 amide bonds. The lowest BCUT2D eigenvalue weighted by Crippen LogP contribution is -2.02. The normalized spacial score (nSPS) is 12.3. The summed E-state index contributed by atoms with van der Waals surface area (Å²) in [4.78, 5) is 15.0. The van der Waals surface area contributed by atoms with E-state index in [1.807, 2.05) is 0 Å². The highest BCUT2D eigenvalue weighted by atomic mass is 35.5. The molecule has 1 aromatic heterocycles. The number of nitrogens with zero attached hydrogens (tertiary/aromatic N) is 1. The molecule has 3 rings (SSSR count). The second kappa shape index (κ2) is 6.03. The van der Waals surface area contributed by atoms with Crippen molar-refractivity contribution in [2.75, 3.05) is 5.32 Å². The minimum absolute atomic E-state index is 0.174. The van der Waals surface area contributed by atoms with Crippen LogP contribution in [0.25, 0.3) is 5.57 Å². The van der Waals surface area contributed by atoms with Gasteiger partial charge in [0.05, 0.1) is 16.3 Å². The summed E-state index contributed by atoms with van der Waals surface area (Å²) in [5, 5.41) is 3.16. The number of nitrogens with one attached hydrogen (secondary N) is 1. The van der Waals surface area contributed by atoms with Crippen LogP contribution in [0.1, 0.15) is 5.69 Å². The van der Waals surface area contributed by atoms with Gasteiger partial charge in [0.1, 0.15) is 16.7 Å². The Kier molecular flexibility index (Phi) is 4.37. The van der Waals surface area contributed by atoms with Crippen molar-refractivity contribution >= 4 is 40.4 Å². The van der Waals surface area contributed by atoms with E-state index < -0.39 is 0 Å². The number of aromatic nitrogens is 1. The third kappa shape index (κ3) is 3.15. The van der Waals surface area contributed by atoms with E-state index in [0.717, 1.165) is 0 Å². The molecule has 0 saturated carbocycles. The van der Waals surface area contributed by atoms with E-state index in [1.165, 1.54) is 12.1 Å². The number of carbonyl (C=O) groups excluding carboxylic acids is 1. The van der Waals surface area contributed by atoms with Crippen LogP contribution in [0.15, 0.2) is 43.0 Å². The van der Waals surface area contributed by atoms with Crippen molar-refractivity contribution in [3.05, 3.63) is 64.7 Å². The zero-order valence-corrected chi connectivity index (χ0v) is 11.7. The first-order valence-electron chi connectivity index (χ1n) is 5.56. The summed E-state index contributed by atoms with van der Waals surface area (Å²) in [5.74, 6) is -0.575. The van der Waals surface area contributed by atoms with Gasteiger partial charge in [0, 0.05) is 0 Å². The van der Waals surface area contributed by atoms with Crippen LogP contribution < -0.4 is 5.32 Å². The fraction of sp³-hybridized carbons (Fsp3) is 0. The molecule has 0 unspecified atom stereocenters. The average molecular weight is 311 g/mol. The molecule has 0 radical (unpaired) electrons. The number of fused-ring (bicyclic) bond motifs is 1. The molecule has 2 heterocycles. The molecule has 102 valence electrons. The van der Waals surface area contributed by atoms with Crippen molar-refractivity contribution in [1.29, 1.82) is 0 Å². The quantitative estimate of drug-likeness (QED) is 0.586. The predicted molar refractivity (Wildman–Crippen MR) is 78.3 cm³/mol. The first kappa shape index (κ1) is 14.5. The molecule has 20 heavy (non-hydrogen) atoms. The standard InChI is InChI=1S/C8H5ClN2O.C6H4ClF/c1-4-7-5(10-8(4)12)2-3-6(9)11-7;7-5-3-1-2-4-6(5)8/h2-3H,1H2,(H,10,12);1-4H. The van der Waals surface area contributed by atoms with Crippen LogP contribution in [-0.4, -0.2) is 10.9 Å². The molecule has 1 aliphatic heterocycles. The lowest BCUT2D eigenvalue weighted by atomic mass is 10.2. The van der Waals surface area contributed by atoms with E-state index in [0.29, 0.717) is 22.1 Å². The van der Waals surface area contributed by atoms with E-state index >= 15 is 0 Å². The van der Waals surface area contributed by atoms with Gasteiger partial charge < -0.3 is 5.32 Å². The molecule has 0 bridgehead atoms. The third-order valence-corrected chi connectivity index (χ3v) is 3.01. The number of carbonyl (C=O) groups is 1. The van der Waals surface area contributed by atoms with Crippen LogP contribution in [0.4, 0.5) is 10.1 Å². The van der Waals surface area contributed by atoms with Gasteiger partial charge in [-0.25, -0.2) is 9.37 Å². The maximum absolute atomic E-state index is 12.2. The molecule has 0 aliphatic carbocycles. The average Bonchev–Trinajstić information content (AvgIpc) is 2.70. The molecule has 1 aliphatic rings. The van der Waals surface area contributed by atoms with E-state index in [2.05, 4.69) is 16.9 Å². The van der Waals surface area contributed by atoms with Crippen molar-refractivity contribution in [2.45, 2.75) is 0 Å². The summed E-state index contributed by atoms with van der Waals surface area (Å²) >= 11 is 11.0. The van der Waals surface area contributed by atoms with Gasteiger partial charge in [-0.15, -0.1) is 0 Å². The predicted octanol–water partition coefficient (Wildman–Crippen LogP) is 4.18. The van der Waals surface area contributed by atoms with Crippen molar-refractivity contribution in [1.82, 2.24) is 4.98 Å². The van der Waals surface area contributed by atoms with Crippen molar-refractivity contribution in [2.24, 2.45) is 0 Å². The van der Waals surface area contributed by atoms with Gasteiger partial charge in [0.25, 0.3) is 5.91 Å². The summed E-state index contributed by atoms with van der Waals surface area (Å²) < 4.78 is 12.2. The molecule has 0 saturated heterocycles. The second-order valence-corrected chi connectivity index (χ2v) is 4.67. The van der Waals surface area contributed by atoms with Crippen LogP contribution >= 0.6 is 23.2 Å². The summed E-state index contributed by atoms with van der Waals surface area (Å²) in [5.41, 5.74) is 1.59. The summed E-state index contributed by atoms with van der Waals surface area (Å²) in [6.45, 7) is 3.58. The molecule has 0 spiro atoms. The van der Waals surface area contributed by atoms with Gasteiger partial charge in [0.15, 0.2) is 0 Å². The smallest absolute Gasteiger partial charge is 0.257 e. The molecule has 3 nitrogen and oxygen atoms in total. The highest BCUT2D eigenvalue weighted by Crippen LogP contribution is 2.29. The van der Waals surface area contributed by atoms with Gasteiger partial charge in [-0.3, -0.25) is 4.79 Å². The minimum Gasteiger partial charge on any atom is -0.320 e. The summed E-state index contributed by atoms with van der Waals surface area (Å²) in [7, 11) is 0. The van der Waals surface area contributed by atoms with Gasteiger partial charge in [0.2, 0.25) is 0 Å². The highest BCUT2D eigenvalue weighted by molar-refractivity contribution is 6.32. The zero-order valence-electron chi connectivity index (χ0n) is 10.2. The highest BCUT2D eigenvalue weighted by Gasteiger charge is 2.23. The SMILES string of the molecule is C=C1C(=O)Nc2ccc(Cl)nc21.Fc1ccccc1Cl. The maximum Gasteiger partial charge on any atom is 0.257 e. The Hall–Kier alpha value is -1.91. The Balaban J connectivity index is 0.000000160. The maximum atomic E-state index is 12.2. The Morgan fingerprint density at radius 3 is 2.45 bits per heavy atom. The van der Waals surface area contributed by atoms with Crippen molar-refractivity contribution in [3.63, 3.8) is 0 Å². The Labute approximate surface area is 125 Å². The van der Waals surface area contributed by atoms with Crippen LogP contribution in [0, 0.1) is 5.82 Å². The third-order valence-electron chi connectivity index (χ3n) is 2.49. The number of halogens is 3. The van der Waals surface area contributed by atoms with Gasteiger partial charge in [-0.1, -0.05) is 41.9 Å². The topological polar surface area (TPSA) is 42.0 Å². The van der Waals surface area contributed by atoms with Crippen molar-refractivity contribution < 1.29 is 9.18 Å². The van der Waals surface area contributed by atoms with E-state index in [9.17, 15) is 9.18 Å². The largest absolute Gasteiger partial charge is 0.320 e. The number of pyridine rings is 1. The number of anilines is 1. The number of hydrogen-bond acceptors (Lipinski definition) is 2. The molecule has 6 heteroatoms. The van der Waals surface area contributed by atoms with E-state index in [4.69, 9.17) is 23.2 Å². The van der Waals surface area contributed by atoms with Crippen LogP contribution in [0.3, 0.4) is 0 Å². The molecule has 1 N–H and O–H groups in total. The molecular formula is C14H9Cl2FN2O. The summed E-state index contributed by atoms with van der Waals surface area (Å²) in [6, 6.07) is 9.45. The van der Waals surface area contributed by atoms with Gasteiger partial charge >= 0.3 is 0 Å². The van der Waals surface area contributed by atoms with E-state index in [1.54, 1.807) is 24.3 Å². The van der Waals surface area contributed by atoms with Gasteiger partial charge in [-0.2, -0.15) is 0 Å². The Bertz CT molecular complexity index is 668.